The molecule has 0 aliphatic heterocycles. The summed E-state index contributed by atoms with van der Waals surface area (Å²) in [6.45, 7) is -2.76. The summed E-state index contributed by atoms with van der Waals surface area (Å²) >= 11 is 0. The topological polar surface area (TPSA) is 49.7 Å². The lowest BCUT2D eigenvalue weighted by Crippen LogP contribution is -2.36. The Morgan fingerprint density at radius 1 is 1.10 bits per heavy atom. The number of aliphatic hydroxyl groups excluding tert-OH is 2. The van der Waals surface area contributed by atoms with Gasteiger partial charge in [-0.3, -0.25) is 0 Å². The van der Waals surface area contributed by atoms with Crippen LogP contribution in [0.25, 0.3) is 0 Å². The van der Waals surface area contributed by atoms with Crippen LogP contribution < -0.4 is 0 Å². The third kappa shape index (κ3) is 4.73. The standard InChI is InChI=1S/C13H16F4O3/c14-11-3-1-2-10(6-11)12(7-18,8-19)4-5-20-9-13(15,16)17/h1-3,6,18-19H,4-5,7-9H2. The summed E-state index contributed by atoms with van der Waals surface area (Å²) in [7, 11) is 0. The number of rotatable bonds is 7. The number of alkyl halides is 3. The molecule has 0 amide bonds. The van der Waals surface area contributed by atoms with E-state index in [-0.39, 0.29) is 13.0 Å². The van der Waals surface area contributed by atoms with Crippen LogP contribution in [0, 0.1) is 5.82 Å². The maximum Gasteiger partial charge on any atom is 0.411 e. The second-order valence-electron chi connectivity index (χ2n) is 4.52. The molecule has 0 spiro atoms. The first kappa shape index (κ1) is 16.9. The van der Waals surface area contributed by atoms with Crippen LogP contribution in [0.1, 0.15) is 12.0 Å². The lowest BCUT2D eigenvalue weighted by molar-refractivity contribution is -0.175. The van der Waals surface area contributed by atoms with E-state index in [0.29, 0.717) is 5.56 Å². The predicted molar refractivity (Wildman–Crippen MR) is 63.7 cm³/mol. The van der Waals surface area contributed by atoms with Gasteiger partial charge in [0, 0.05) is 12.0 Å². The Hall–Kier alpha value is -1.18. The summed E-state index contributed by atoms with van der Waals surface area (Å²) in [5.41, 5.74) is -0.911. The van der Waals surface area contributed by atoms with Gasteiger partial charge in [-0.15, -0.1) is 0 Å². The van der Waals surface area contributed by atoms with E-state index in [9.17, 15) is 27.8 Å². The molecule has 1 aromatic carbocycles. The van der Waals surface area contributed by atoms with Crippen LogP contribution in [0.5, 0.6) is 0 Å². The molecule has 1 aromatic rings. The number of aliphatic hydroxyl groups is 2. The fraction of sp³-hybridized carbons (Fsp3) is 0.538. The van der Waals surface area contributed by atoms with Crippen LogP contribution in [0.3, 0.4) is 0 Å². The van der Waals surface area contributed by atoms with Gasteiger partial charge in [0.25, 0.3) is 0 Å². The summed E-state index contributed by atoms with van der Waals surface area (Å²) in [4.78, 5) is 0. The summed E-state index contributed by atoms with van der Waals surface area (Å²) in [6.07, 6.45) is -4.49. The molecule has 0 fully saturated rings. The molecule has 3 nitrogen and oxygen atoms in total. The van der Waals surface area contributed by atoms with Crippen molar-refractivity contribution in [3.63, 3.8) is 0 Å². The summed E-state index contributed by atoms with van der Waals surface area (Å²) < 4.78 is 53.5. The molecule has 114 valence electrons. The van der Waals surface area contributed by atoms with Crippen molar-refractivity contribution in [2.45, 2.75) is 18.0 Å². The molecule has 0 atom stereocenters. The zero-order valence-electron chi connectivity index (χ0n) is 10.7. The average Bonchev–Trinajstić information content (AvgIpc) is 2.38. The van der Waals surface area contributed by atoms with Crippen LogP contribution in [0.15, 0.2) is 24.3 Å². The minimum atomic E-state index is -4.43. The molecule has 0 aliphatic rings. The monoisotopic (exact) mass is 296 g/mol. The summed E-state index contributed by atoms with van der Waals surface area (Å²) in [5, 5.41) is 18.8. The molecule has 0 saturated carbocycles. The molecule has 7 heteroatoms. The van der Waals surface area contributed by atoms with Gasteiger partial charge in [-0.1, -0.05) is 12.1 Å². The maximum absolute atomic E-state index is 13.2. The predicted octanol–water partition coefficient (Wildman–Crippen LogP) is 2.02. The van der Waals surface area contributed by atoms with Gasteiger partial charge in [0.1, 0.15) is 12.4 Å². The van der Waals surface area contributed by atoms with Crippen LogP contribution in [0.2, 0.25) is 0 Å². The van der Waals surface area contributed by atoms with Crippen LogP contribution in [-0.2, 0) is 10.2 Å². The number of ether oxygens (including phenoxy) is 1. The van der Waals surface area contributed by atoms with Crippen molar-refractivity contribution < 1.29 is 32.5 Å². The van der Waals surface area contributed by atoms with Crippen molar-refractivity contribution in [3.8, 4) is 0 Å². The minimum Gasteiger partial charge on any atom is -0.395 e. The van der Waals surface area contributed by atoms with E-state index in [0.717, 1.165) is 6.07 Å². The lowest BCUT2D eigenvalue weighted by Gasteiger charge is -2.30. The van der Waals surface area contributed by atoms with Gasteiger partial charge in [0.15, 0.2) is 0 Å². The van der Waals surface area contributed by atoms with Crippen LogP contribution >= 0.6 is 0 Å². The molecular weight excluding hydrogens is 280 g/mol. The number of benzene rings is 1. The number of hydrogen-bond acceptors (Lipinski definition) is 3. The second kappa shape index (κ2) is 7.01. The van der Waals surface area contributed by atoms with Crippen molar-refractivity contribution in [1.82, 2.24) is 0 Å². The highest BCUT2D eigenvalue weighted by molar-refractivity contribution is 5.26. The van der Waals surface area contributed by atoms with Gasteiger partial charge in [-0.25, -0.2) is 4.39 Å². The molecular formula is C13H16F4O3. The smallest absolute Gasteiger partial charge is 0.395 e. The van der Waals surface area contributed by atoms with E-state index in [2.05, 4.69) is 4.74 Å². The minimum absolute atomic E-state index is 0.0560. The van der Waals surface area contributed by atoms with Crippen LogP contribution in [-0.4, -0.2) is 42.8 Å². The molecule has 2 N–H and O–H groups in total. The van der Waals surface area contributed by atoms with E-state index >= 15 is 0 Å². The van der Waals surface area contributed by atoms with Crippen molar-refractivity contribution >= 4 is 0 Å². The molecule has 0 bridgehead atoms. The van der Waals surface area contributed by atoms with E-state index in [1.54, 1.807) is 0 Å². The Labute approximate surface area is 113 Å². The number of halogens is 4. The average molecular weight is 296 g/mol. The normalized spacial score (nSPS) is 12.7. The molecule has 0 heterocycles. The highest BCUT2D eigenvalue weighted by Crippen LogP contribution is 2.28. The first-order valence-electron chi connectivity index (χ1n) is 5.95. The summed E-state index contributed by atoms with van der Waals surface area (Å²) in [5.74, 6) is -0.551. The van der Waals surface area contributed by atoms with E-state index < -0.39 is 37.2 Å². The summed E-state index contributed by atoms with van der Waals surface area (Å²) in [6, 6.07) is 5.24. The van der Waals surface area contributed by atoms with Crippen molar-refractivity contribution in [2.24, 2.45) is 0 Å². The molecule has 0 radical (unpaired) electrons. The molecule has 0 aromatic heterocycles. The van der Waals surface area contributed by atoms with Gasteiger partial charge in [-0.05, 0) is 24.1 Å². The molecule has 1 rings (SSSR count). The zero-order chi connectivity index (χ0) is 15.2. The fourth-order valence-corrected chi connectivity index (χ4v) is 1.81. The van der Waals surface area contributed by atoms with E-state index in [4.69, 9.17) is 0 Å². The SMILES string of the molecule is OCC(CO)(CCOCC(F)(F)F)c1cccc(F)c1. The van der Waals surface area contributed by atoms with Crippen LogP contribution in [0.4, 0.5) is 17.6 Å². The highest BCUT2D eigenvalue weighted by Gasteiger charge is 2.32. The third-order valence-corrected chi connectivity index (χ3v) is 3.03. The Morgan fingerprint density at radius 2 is 1.75 bits per heavy atom. The Morgan fingerprint density at radius 3 is 2.25 bits per heavy atom. The Kier molecular flexibility index (Phi) is 5.91. The highest BCUT2D eigenvalue weighted by atomic mass is 19.4. The van der Waals surface area contributed by atoms with Gasteiger partial charge < -0.3 is 14.9 Å². The maximum atomic E-state index is 13.2. The van der Waals surface area contributed by atoms with Crippen molar-refractivity contribution in [2.75, 3.05) is 26.4 Å². The second-order valence-corrected chi connectivity index (χ2v) is 4.52. The molecule has 0 saturated heterocycles. The fourth-order valence-electron chi connectivity index (χ4n) is 1.81. The largest absolute Gasteiger partial charge is 0.411 e. The Balaban J connectivity index is 2.72. The van der Waals surface area contributed by atoms with Gasteiger partial charge in [0.2, 0.25) is 0 Å². The van der Waals surface area contributed by atoms with Gasteiger partial charge >= 0.3 is 6.18 Å². The molecule has 0 unspecified atom stereocenters. The quantitative estimate of drug-likeness (QED) is 0.598. The third-order valence-electron chi connectivity index (χ3n) is 3.03. The zero-order valence-corrected chi connectivity index (χ0v) is 10.7. The van der Waals surface area contributed by atoms with Gasteiger partial charge in [0.05, 0.1) is 13.2 Å². The van der Waals surface area contributed by atoms with Crippen molar-refractivity contribution in [1.29, 1.82) is 0 Å². The van der Waals surface area contributed by atoms with Gasteiger partial charge in [-0.2, -0.15) is 13.2 Å². The van der Waals surface area contributed by atoms with E-state index in [1.807, 2.05) is 0 Å². The molecule has 20 heavy (non-hydrogen) atoms. The Bertz CT molecular complexity index is 416. The first-order chi connectivity index (χ1) is 9.33. The number of hydrogen-bond donors (Lipinski definition) is 2. The van der Waals surface area contributed by atoms with E-state index in [1.165, 1.54) is 18.2 Å². The molecule has 0 aliphatic carbocycles. The lowest BCUT2D eigenvalue weighted by atomic mass is 9.79. The first-order valence-corrected chi connectivity index (χ1v) is 5.95. The van der Waals surface area contributed by atoms with Crippen molar-refractivity contribution in [3.05, 3.63) is 35.6 Å².